The minimum atomic E-state index is -0.146. The summed E-state index contributed by atoms with van der Waals surface area (Å²) in [5.74, 6) is 1.53. The third kappa shape index (κ3) is 4.94. The number of fused-ring (bicyclic) bond motifs is 1. The first kappa shape index (κ1) is 20.4. The summed E-state index contributed by atoms with van der Waals surface area (Å²) in [6.07, 6.45) is 1.77. The summed E-state index contributed by atoms with van der Waals surface area (Å²) >= 11 is 7.45. The smallest absolute Gasteiger partial charge is 0.251 e. The van der Waals surface area contributed by atoms with Gasteiger partial charge in [-0.2, -0.15) is 5.10 Å². The number of benzene rings is 1. The fraction of sp³-hybridized carbons (Fsp3) is 0.368. The molecular formula is C19H23ClN6OS. The topological polar surface area (TPSA) is 84.7 Å². The van der Waals surface area contributed by atoms with Crippen LogP contribution in [0.3, 0.4) is 0 Å². The highest BCUT2D eigenvalue weighted by molar-refractivity contribution is 7.99. The SMILES string of the molecule is CCSc1nc(NC(C)C)c2cnn(CCNC(=O)c3ccc(Cl)cc3)c2n1. The van der Waals surface area contributed by atoms with Gasteiger partial charge < -0.3 is 10.6 Å². The molecule has 1 aromatic carbocycles. The van der Waals surface area contributed by atoms with Gasteiger partial charge >= 0.3 is 0 Å². The van der Waals surface area contributed by atoms with Crippen molar-refractivity contribution in [2.45, 2.75) is 38.5 Å². The number of carbonyl (C=O) groups excluding carboxylic acids is 1. The number of hydrogen-bond donors (Lipinski definition) is 2. The Balaban J connectivity index is 1.74. The predicted molar refractivity (Wildman–Crippen MR) is 114 cm³/mol. The lowest BCUT2D eigenvalue weighted by molar-refractivity contribution is 0.0952. The van der Waals surface area contributed by atoms with E-state index in [1.807, 2.05) is 0 Å². The minimum absolute atomic E-state index is 0.146. The van der Waals surface area contributed by atoms with E-state index in [0.717, 1.165) is 22.6 Å². The molecule has 0 saturated heterocycles. The second-order valence-electron chi connectivity index (χ2n) is 6.45. The zero-order chi connectivity index (χ0) is 20.1. The number of rotatable bonds is 8. The highest BCUT2D eigenvalue weighted by Crippen LogP contribution is 2.24. The molecule has 0 aliphatic heterocycles. The van der Waals surface area contributed by atoms with Crippen molar-refractivity contribution in [2.24, 2.45) is 0 Å². The van der Waals surface area contributed by atoms with Crippen LogP contribution in [-0.2, 0) is 6.54 Å². The Bertz CT molecular complexity index is 957. The molecule has 0 fully saturated rings. The minimum Gasteiger partial charge on any atom is -0.367 e. The van der Waals surface area contributed by atoms with Gasteiger partial charge in [-0.3, -0.25) is 4.79 Å². The Labute approximate surface area is 173 Å². The zero-order valence-corrected chi connectivity index (χ0v) is 17.6. The van der Waals surface area contributed by atoms with Crippen molar-refractivity contribution in [2.75, 3.05) is 17.6 Å². The van der Waals surface area contributed by atoms with Gasteiger partial charge in [0.05, 0.1) is 18.1 Å². The molecule has 3 aromatic rings. The molecule has 0 aliphatic rings. The van der Waals surface area contributed by atoms with E-state index in [9.17, 15) is 4.79 Å². The van der Waals surface area contributed by atoms with E-state index in [-0.39, 0.29) is 11.9 Å². The number of aromatic nitrogens is 4. The van der Waals surface area contributed by atoms with Crippen LogP contribution >= 0.6 is 23.4 Å². The Hall–Kier alpha value is -2.32. The maximum Gasteiger partial charge on any atom is 0.251 e. The number of hydrogen-bond acceptors (Lipinski definition) is 6. The molecule has 0 aliphatic carbocycles. The average Bonchev–Trinajstić information content (AvgIpc) is 3.05. The van der Waals surface area contributed by atoms with E-state index in [1.165, 1.54) is 0 Å². The molecule has 0 unspecified atom stereocenters. The molecule has 2 aromatic heterocycles. The van der Waals surface area contributed by atoms with Gasteiger partial charge in [0.25, 0.3) is 5.91 Å². The highest BCUT2D eigenvalue weighted by Gasteiger charge is 2.14. The molecule has 28 heavy (non-hydrogen) atoms. The summed E-state index contributed by atoms with van der Waals surface area (Å²) in [5.41, 5.74) is 1.33. The first-order chi connectivity index (χ1) is 13.5. The van der Waals surface area contributed by atoms with Gasteiger partial charge in [0.2, 0.25) is 0 Å². The van der Waals surface area contributed by atoms with Crippen molar-refractivity contribution >= 4 is 46.1 Å². The van der Waals surface area contributed by atoms with Crippen LogP contribution in [0.4, 0.5) is 5.82 Å². The largest absolute Gasteiger partial charge is 0.367 e. The van der Waals surface area contributed by atoms with Crippen LogP contribution in [-0.4, -0.2) is 44.0 Å². The van der Waals surface area contributed by atoms with Gasteiger partial charge in [0, 0.05) is 23.2 Å². The van der Waals surface area contributed by atoms with Crippen molar-refractivity contribution in [3.63, 3.8) is 0 Å². The monoisotopic (exact) mass is 418 g/mol. The van der Waals surface area contributed by atoms with Gasteiger partial charge in [-0.1, -0.05) is 30.3 Å². The lowest BCUT2D eigenvalue weighted by atomic mass is 10.2. The summed E-state index contributed by atoms with van der Waals surface area (Å²) in [6, 6.07) is 7.05. The van der Waals surface area contributed by atoms with Crippen molar-refractivity contribution in [1.29, 1.82) is 0 Å². The molecule has 7 nitrogen and oxygen atoms in total. The van der Waals surface area contributed by atoms with Crippen molar-refractivity contribution in [3.05, 3.63) is 41.0 Å². The van der Waals surface area contributed by atoms with E-state index in [4.69, 9.17) is 11.6 Å². The summed E-state index contributed by atoms with van der Waals surface area (Å²) in [4.78, 5) is 21.5. The van der Waals surface area contributed by atoms with Crippen LogP contribution in [0.5, 0.6) is 0 Å². The molecule has 1 amide bonds. The zero-order valence-electron chi connectivity index (χ0n) is 16.1. The van der Waals surface area contributed by atoms with Crippen LogP contribution in [0.15, 0.2) is 35.6 Å². The maximum absolute atomic E-state index is 12.2. The average molecular weight is 419 g/mol. The van der Waals surface area contributed by atoms with Crippen molar-refractivity contribution in [1.82, 2.24) is 25.1 Å². The van der Waals surface area contributed by atoms with E-state index in [2.05, 4.69) is 46.5 Å². The molecule has 3 rings (SSSR count). The highest BCUT2D eigenvalue weighted by atomic mass is 35.5. The van der Waals surface area contributed by atoms with E-state index < -0.39 is 0 Å². The number of amides is 1. The summed E-state index contributed by atoms with van der Waals surface area (Å²) in [7, 11) is 0. The van der Waals surface area contributed by atoms with Crippen LogP contribution in [0.25, 0.3) is 11.0 Å². The van der Waals surface area contributed by atoms with Gasteiger partial charge in [-0.15, -0.1) is 0 Å². The molecule has 0 radical (unpaired) electrons. The number of carbonyl (C=O) groups is 1. The van der Waals surface area contributed by atoms with Crippen LogP contribution in [0.1, 0.15) is 31.1 Å². The Kier molecular flexibility index (Phi) is 6.74. The number of anilines is 1. The molecule has 0 spiro atoms. The van der Waals surface area contributed by atoms with Crippen LogP contribution in [0.2, 0.25) is 5.02 Å². The quantitative estimate of drug-likeness (QED) is 0.427. The molecule has 2 N–H and O–H groups in total. The van der Waals surface area contributed by atoms with Crippen molar-refractivity contribution in [3.8, 4) is 0 Å². The maximum atomic E-state index is 12.2. The third-order valence-corrected chi connectivity index (χ3v) is 4.87. The van der Waals surface area contributed by atoms with E-state index >= 15 is 0 Å². The molecule has 148 valence electrons. The Morgan fingerprint density at radius 2 is 2.00 bits per heavy atom. The number of thioether (sulfide) groups is 1. The molecule has 0 bridgehead atoms. The standard InChI is InChI=1S/C19H23ClN6OS/c1-4-28-19-24-16(23-12(2)3)15-11-22-26(17(15)25-19)10-9-21-18(27)13-5-7-14(20)8-6-13/h5-8,11-12H,4,9-10H2,1-3H3,(H,21,27)(H,23,24,25). The molecule has 9 heteroatoms. The first-order valence-electron chi connectivity index (χ1n) is 9.14. The number of nitrogens with zero attached hydrogens (tertiary/aromatic N) is 4. The Morgan fingerprint density at radius 3 is 2.68 bits per heavy atom. The van der Waals surface area contributed by atoms with E-state index in [1.54, 1.807) is 46.9 Å². The molecular weight excluding hydrogens is 396 g/mol. The van der Waals surface area contributed by atoms with Crippen molar-refractivity contribution < 1.29 is 4.79 Å². The van der Waals surface area contributed by atoms with Gasteiger partial charge in [0.1, 0.15) is 5.82 Å². The first-order valence-corrected chi connectivity index (χ1v) is 10.5. The lowest BCUT2D eigenvalue weighted by Gasteiger charge is -2.11. The second kappa shape index (κ2) is 9.25. The van der Waals surface area contributed by atoms with E-state index in [0.29, 0.717) is 28.8 Å². The van der Waals surface area contributed by atoms with Gasteiger partial charge in [0.15, 0.2) is 10.8 Å². The molecule has 0 atom stereocenters. The fourth-order valence-corrected chi connectivity index (χ4v) is 3.35. The van der Waals surface area contributed by atoms with Gasteiger partial charge in [-0.05, 0) is 43.9 Å². The Morgan fingerprint density at radius 1 is 1.25 bits per heavy atom. The van der Waals surface area contributed by atoms with Crippen LogP contribution < -0.4 is 10.6 Å². The predicted octanol–water partition coefficient (Wildman–Crippen LogP) is 3.84. The summed E-state index contributed by atoms with van der Waals surface area (Å²) in [6.45, 7) is 7.15. The lowest BCUT2D eigenvalue weighted by Crippen LogP contribution is -2.27. The number of nitrogens with one attached hydrogen (secondary N) is 2. The summed E-state index contributed by atoms with van der Waals surface area (Å²) < 4.78 is 1.80. The normalized spacial score (nSPS) is 11.2. The second-order valence-corrected chi connectivity index (χ2v) is 8.12. The van der Waals surface area contributed by atoms with Crippen LogP contribution in [0, 0.1) is 0 Å². The molecule has 0 saturated carbocycles. The summed E-state index contributed by atoms with van der Waals surface area (Å²) in [5, 5.41) is 12.9. The van der Waals surface area contributed by atoms with Gasteiger partial charge in [-0.25, -0.2) is 14.6 Å². The fourth-order valence-electron chi connectivity index (χ4n) is 2.65. The number of halogens is 1. The third-order valence-electron chi connectivity index (χ3n) is 3.89. The molecule has 2 heterocycles.